The number of hydrogen-bond donors (Lipinski definition) is 1. The van der Waals surface area contributed by atoms with Gasteiger partial charge in [0, 0.05) is 6.54 Å². The third-order valence-corrected chi connectivity index (χ3v) is 3.95. The van der Waals surface area contributed by atoms with Gasteiger partial charge in [-0.3, -0.25) is 9.69 Å². The fourth-order valence-electron chi connectivity index (χ4n) is 2.91. The van der Waals surface area contributed by atoms with Crippen LogP contribution in [0.5, 0.6) is 0 Å². The van der Waals surface area contributed by atoms with E-state index >= 15 is 0 Å². The number of hydrogen-bond acceptors (Lipinski definition) is 2. The highest BCUT2D eigenvalue weighted by Gasteiger charge is 2.43. The third-order valence-electron chi connectivity index (χ3n) is 3.95. The van der Waals surface area contributed by atoms with Gasteiger partial charge in [-0.15, -0.1) is 0 Å². The van der Waals surface area contributed by atoms with E-state index in [9.17, 15) is 9.59 Å². The number of rotatable bonds is 3. The van der Waals surface area contributed by atoms with Crippen molar-refractivity contribution in [3.63, 3.8) is 0 Å². The van der Waals surface area contributed by atoms with Crippen LogP contribution in [-0.2, 0) is 4.79 Å². The van der Waals surface area contributed by atoms with Gasteiger partial charge >= 0.3 is 6.03 Å². The summed E-state index contributed by atoms with van der Waals surface area (Å²) in [4.78, 5) is 25.4. The first-order valence-corrected chi connectivity index (χ1v) is 6.79. The van der Waals surface area contributed by atoms with Crippen molar-refractivity contribution in [2.45, 2.75) is 63.8 Å². The second-order valence-electron chi connectivity index (χ2n) is 5.35. The van der Waals surface area contributed by atoms with Gasteiger partial charge in [0.25, 0.3) is 0 Å². The van der Waals surface area contributed by atoms with E-state index in [-0.39, 0.29) is 17.5 Å². The van der Waals surface area contributed by atoms with Crippen LogP contribution in [0.2, 0.25) is 0 Å². The molecule has 4 nitrogen and oxygen atoms in total. The van der Waals surface area contributed by atoms with E-state index in [0.29, 0.717) is 13.0 Å². The van der Waals surface area contributed by atoms with Gasteiger partial charge < -0.3 is 5.32 Å². The molecule has 1 spiro atoms. The van der Waals surface area contributed by atoms with Crippen LogP contribution in [0.25, 0.3) is 0 Å². The van der Waals surface area contributed by atoms with Gasteiger partial charge in [-0.05, 0) is 19.3 Å². The average Bonchev–Trinajstić information content (AvgIpc) is 2.29. The summed E-state index contributed by atoms with van der Waals surface area (Å²) in [6.45, 7) is 2.63. The molecule has 96 valence electrons. The Balaban J connectivity index is 2.01. The van der Waals surface area contributed by atoms with E-state index in [4.69, 9.17) is 0 Å². The molecule has 0 aromatic heterocycles. The fraction of sp³-hybridized carbons (Fsp3) is 0.846. The van der Waals surface area contributed by atoms with E-state index < -0.39 is 0 Å². The van der Waals surface area contributed by atoms with E-state index in [0.717, 1.165) is 38.5 Å². The minimum absolute atomic E-state index is 0.0177. The highest BCUT2D eigenvalue weighted by molar-refractivity contribution is 5.98. The van der Waals surface area contributed by atoms with Gasteiger partial charge in [0.05, 0.1) is 12.0 Å². The fourth-order valence-corrected chi connectivity index (χ4v) is 2.91. The zero-order chi connectivity index (χ0) is 12.3. The van der Waals surface area contributed by atoms with Gasteiger partial charge in [0.15, 0.2) is 0 Å². The molecule has 1 N–H and O–H groups in total. The molecule has 3 amide bonds. The van der Waals surface area contributed by atoms with Crippen molar-refractivity contribution in [3.05, 3.63) is 0 Å². The van der Waals surface area contributed by atoms with Gasteiger partial charge in [-0.2, -0.15) is 0 Å². The van der Waals surface area contributed by atoms with Crippen molar-refractivity contribution in [1.82, 2.24) is 10.2 Å². The number of amides is 3. The van der Waals surface area contributed by atoms with Crippen molar-refractivity contribution in [1.29, 1.82) is 0 Å². The van der Waals surface area contributed by atoms with Gasteiger partial charge in [0.2, 0.25) is 5.91 Å². The quantitative estimate of drug-likeness (QED) is 0.821. The molecule has 4 heteroatoms. The second kappa shape index (κ2) is 5.07. The second-order valence-corrected chi connectivity index (χ2v) is 5.35. The van der Waals surface area contributed by atoms with Crippen LogP contribution >= 0.6 is 0 Å². The maximum atomic E-state index is 12.0. The highest BCUT2D eigenvalue weighted by atomic mass is 16.2. The number of carbonyl (C=O) groups excluding carboxylic acids is 2. The Hall–Kier alpha value is -1.06. The Morgan fingerprint density at radius 2 is 1.94 bits per heavy atom. The van der Waals surface area contributed by atoms with Crippen molar-refractivity contribution >= 4 is 11.9 Å². The molecular formula is C13H22N2O2. The Kier molecular flexibility index (Phi) is 3.69. The monoisotopic (exact) mass is 238 g/mol. The highest BCUT2D eigenvalue weighted by Crippen LogP contribution is 2.33. The summed E-state index contributed by atoms with van der Waals surface area (Å²) in [5.74, 6) is 0.0177. The standard InChI is InChI=1S/C13H22N2O2/c1-2-3-9-15-11(16)10-13(14-12(15)17)7-5-4-6-8-13/h2-10H2,1H3,(H,14,17). The molecule has 2 fully saturated rings. The van der Waals surface area contributed by atoms with Gasteiger partial charge in [0.1, 0.15) is 0 Å². The van der Waals surface area contributed by atoms with E-state index in [1.54, 1.807) is 0 Å². The van der Waals surface area contributed by atoms with Crippen LogP contribution in [0.3, 0.4) is 0 Å². The molecule has 1 saturated carbocycles. The third kappa shape index (κ3) is 2.61. The minimum atomic E-state index is -0.213. The summed E-state index contributed by atoms with van der Waals surface area (Å²) < 4.78 is 0. The van der Waals surface area contributed by atoms with Crippen LogP contribution in [0.4, 0.5) is 4.79 Å². The predicted octanol–water partition coefficient (Wildman–Crippen LogP) is 2.43. The molecule has 1 aliphatic heterocycles. The van der Waals surface area contributed by atoms with E-state index in [1.165, 1.54) is 11.3 Å². The maximum absolute atomic E-state index is 12.0. The lowest BCUT2D eigenvalue weighted by Crippen LogP contribution is -2.62. The zero-order valence-electron chi connectivity index (χ0n) is 10.6. The summed E-state index contributed by atoms with van der Waals surface area (Å²) in [6.07, 6.45) is 7.81. The molecule has 1 heterocycles. The summed E-state index contributed by atoms with van der Waals surface area (Å²) in [5.41, 5.74) is -0.213. The number of unbranched alkanes of at least 4 members (excludes halogenated alkanes) is 1. The van der Waals surface area contributed by atoms with Gasteiger partial charge in [-0.1, -0.05) is 32.6 Å². The molecule has 2 rings (SSSR count). The first-order chi connectivity index (χ1) is 8.17. The van der Waals surface area contributed by atoms with E-state index in [2.05, 4.69) is 12.2 Å². The lowest BCUT2D eigenvalue weighted by molar-refractivity contribution is -0.132. The summed E-state index contributed by atoms with van der Waals surface area (Å²) in [5, 5.41) is 3.09. The van der Waals surface area contributed by atoms with Crippen LogP contribution in [0.15, 0.2) is 0 Å². The SMILES string of the molecule is CCCCN1C(=O)CC2(CCCCC2)NC1=O. The zero-order valence-corrected chi connectivity index (χ0v) is 10.6. The van der Waals surface area contributed by atoms with Crippen molar-refractivity contribution in [3.8, 4) is 0 Å². The summed E-state index contributed by atoms with van der Waals surface area (Å²) in [7, 11) is 0. The first kappa shape index (κ1) is 12.4. The van der Waals surface area contributed by atoms with Crippen LogP contribution < -0.4 is 5.32 Å². The van der Waals surface area contributed by atoms with Crippen molar-refractivity contribution in [2.24, 2.45) is 0 Å². The largest absolute Gasteiger partial charge is 0.332 e. The Bertz CT molecular complexity index is 289. The molecule has 0 aromatic rings. The minimum Gasteiger partial charge on any atom is -0.332 e. The van der Waals surface area contributed by atoms with E-state index in [1.807, 2.05) is 0 Å². The molecule has 0 atom stereocenters. The van der Waals surface area contributed by atoms with Crippen molar-refractivity contribution < 1.29 is 9.59 Å². The molecule has 2 aliphatic rings. The van der Waals surface area contributed by atoms with Crippen LogP contribution in [-0.4, -0.2) is 28.9 Å². The summed E-state index contributed by atoms with van der Waals surface area (Å²) >= 11 is 0. The lowest BCUT2D eigenvalue weighted by atomic mass is 9.78. The normalized spacial score (nSPS) is 23.9. The Labute approximate surface area is 103 Å². The van der Waals surface area contributed by atoms with Crippen LogP contribution in [0, 0.1) is 0 Å². The molecule has 0 aromatic carbocycles. The Morgan fingerprint density at radius 3 is 2.53 bits per heavy atom. The number of nitrogens with zero attached hydrogens (tertiary/aromatic N) is 1. The lowest BCUT2D eigenvalue weighted by Gasteiger charge is -2.43. The molecule has 1 saturated heterocycles. The maximum Gasteiger partial charge on any atom is 0.324 e. The number of nitrogens with one attached hydrogen (secondary N) is 1. The first-order valence-electron chi connectivity index (χ1n) is 6.79. The number of imide groups is 1. The Morgan fingerprint density at radius 1 is 1.24 bits per heavy atom. The average molecular weight is 238 g/mol. The molecule has 17 heavy (non-hydrogen) atoms. The molecule has 0 radical (unpaired) electrons. The molecule has 0 unspecified atom stereocenters. The van der Waals surface area contributed by atoms with Gasteiger partial charge in [-0.25, -0.2) is 4.79 Å². The summed E-state index contributed by atoms with van der Waals surface area (Å²) in [6, 6.07) is -0.170. The smallest absolute Gasteiger partial charge is 0.324 e. The topological polar surface area (TPSA) is 49.4 Å². The molecule has 0 bridgehead atoms. The van der Waals surface area contributed by atoms with Crippen molar-refractivity contribution in [2.75, 3.05) is 6.54 Å². The molecular weight excluding hydrogens is 216 g/mol. The number of urea groups is 1. The van der Waals surface area contributed by atoms with Crippen LogP contribution in [0.1, 0.15) is 58.3 Å². The molecule has 1 aliphatic carbocycles. The number of carbonyl (C=O) groups is 2. The predicted molar refractivity (Wildman–Crippen MR) is 65.6 cm³/mol.